The number of para-hydroxylation sites is 1. The summed E-state index contributed by atoms with van der Waals surface area (Å²) in [6, 6.07) is 16.5. The minimum atomic E-state index is -0.0867. The van der Waals surface area contributed by atoms with E-state index in [-0.39, 0.29) is 11.6 Å². The van der Waals surface area contributed by atoms with Crippen LogP contribution in [0.1, 0.15) is 63.0 Å². The molecule has 0 radical (unpaired) electrons. The normalized spacial score (nSPS) is 13.8. The largest absolute Gasteiger partial charge is 0.309 e. The van der Waals surface area contributed by atoms with Gasteiger partial charge in [-0.1, -0.05) is 64.1 Å². The van der Waals surface area contributed by atoms with Gasteiger partial charge < -0.3 is 10.3 Å². The summed E-state index contributed by atoms with van der Waals surface area (Å²) >= 11 is 0. The zero-order chi connectivity index (χ0) is 19.4. The van der Waals surface area contributed by atoms with Crippen LogP contribution in [0.15, 0.2) is 53.3 Å². The number of rotatable bonds is 7. The molecule has 0 fully saturated rings. The molecule has 0 bridgehead atoms. The van der Waals surface area contributed by atoms with Crippen LogP contribution in [0.5, 0.6) is 0 Å². The summed E-state index contributed by atoms with van der Waals surface area (Å²) < 4.78 is 0. The lowest BCUT2D eigenvalue weighted by atomic mass is 9.92. The Labute approximate surface area is 161 Å². The highest BCUT2D eigenvalue weighted by Crippen LogP contribution is 2.25. The van der Waals surface area contributed by atoms with Gasteiger partial charge in [-0.25, -0.2) is 4.98 Å². The van der Waals surface area contributed by atoms with Crippen molar-refractivity contribution in [1.29, 1.82) is 0 Å². The van der Waals surface area contributed by atoms with Crippen molar-refractivity contribution in [2.75, 3.05) is 0 Å². The molecule has 0 spiro atoms. The first kappa shape index (κ1) is 19.3. The van der Waals surface area contributed by atoms with Crippen LogP contribution in [0.25, 0.3) is 10.9 Å². The van der Waals surface area contributed by atoms with Gasteiger partial charge >= 0.3 is 0 Å². The molecule has 2 aromatic carbocycles. The van der Waals surface area contributed by atoms with Crippen LogP contribution >= 0.6 is 0 Å². The van der Waals surface area contributed by atoms with Gasteiger partial charge in [0, 0.05) is 6.04 Å². The highest BCUT2D eigenvalue weighted by molar-refractivity contribution is 5.77. The molecule has 3 aromatic rings. The molecule has 0 unspecified atom stereocenters. The minimum absolute atomic E-state index is 0.0867. The number of nitrogens with zero attached hydrogens (tertiary/aromatic N) is 1. The summed E-state index contributed by atoms with van der Waals surface area (Å²) in [6.45, 7) is 9.41. The second-order valence-corrected chi connectivity index (χ2v) is 7.61. The van der Waals surface area contributed by atoms with E-state index < -0.39 is 0 Å². The number of H-pyrrole nitrogens is 1. The van der Waals surface area contributed by atoms with Crippen LogP contribution in [0, 0.1) is 5.92 Å². The lowest BCUT2D eigenvalue weighted by Crippen LogP contribution is -2.27. The van der Waals surface area contributed by atoms with Crippen molar-refractivity contribution in [3.8, 4) is 0 Å². The fourth-order valence-electron chi connectivity index (χ4n) is 3.43. The molecule has 142 valence electrons. The maximum absolute atomic E-state index is 12.3. The first-order chi connectivity index (χ1) is 13.0. The Bertz CT molecular complexity index is 944. The van der Waals surface area contributed by atoms with E-state index >= 15 is 0 Å². The van der Waals surface area contributed by atoms with Crippen LogP contribution < -0.4 is 10.9 Å². The zero-order valence-corrected chi connectivity index (χ0v) is 16.6. The van der Waals surface area contributed by atoms with E-state index in [1.165, 1.54) is 11.1 Å². The Morgan fingerprint density at radius 1 is 1.00 bits per heavy atom. The van der Waals surface area contributed by atoms with E-state index in [1.54, 1.807) is 6.07 Å². The van der Waals surface area contributed by atoms with Gasteiger partial charge in [0.25, 0.3) is 5.56 Å². The number of benzene rings is 2. The molecule has 0 aliphatic carbocycles. The smallest absolute Gasteiger partial charge is 0.258 e. The van der Waals surface area contributed by atoms with Gasteiger partial charge in [0.2, 0.25) is 0 Å². The van der Waals surface area contributed by atoms with Gasteiger partial charge in [0.1, 0.15) is 5.82 Å². The number of fused-ring (bicyclic) bond motifs is 1. The standard InChI is InChI=1S/C23H29N3O/c1-5-16(4)17-10-12-18(13-11-17)22(15(2)3)24-14-21-25-20-9-7-6-8-19(20)23(27)26-21/h6-13,15-16,22,24H,5,14H2,1-4H3,(H,25,26,27)/t16-,22+/m0/s1. The van der Waals surface area contributed by atoms with Gasteiger partial charge in [0.05, 0.1) is 17.4 Å². The number of aromatic nitrogens is 2. The van der Waals surface area contributed by atoms with Crippen molar-refractivity contribution in [2.45, 2.75) is 52.6 Å². The summed E-state index contributed by atoms with van der Waals surface area (Å²) in [5, 5.41) is 4.20. The fraction of sp³-hybridized carbons (Fsp3) is 0.391. The van der Waals surface area contributed by atoms with Crippen LogP contribution in [-0.2, 0) is 6.54 Å². The Hall–Kier alpha value is -2.46. The highest BCUT2D eigenvalue weighted by Gasteiger charge is 2.16. The van der Waals surface area contributed by atoms with Crippen molar-refractivity contribution in [2.24, 2.45) is 5.92 Å². The van der Waals surface area contributed by atoms with Crippen LogP contribution in [-0.4, -0.2) is 9.97 Å². The molecule has 27 heavy (non-hydrogen) atoms. The molecule has 1 aromatic heterocycles. The molecular weight excluding hydrogens is 334 g/mol. The van der Waals surface area contributed by atoms with Crippen LogP contribution in [0.2, 0.25) is 0 Å². The highest BCUT2D eigenvalue weighted by atomic mass is 16.1. The third kappa shape index (κ3) is 4.45. The van der Waals surface area contributed by atoms with Gasteiger partial charge in [-0.3, -0.25) is 4.79 Å². The van der Waals surface area contributed by atoms with E-state index in [0.717, 1.165) is 11.9 Å². The van der Waals surface area contributed by atoms with Crippen molar-refractivity contribution in [1.82, 2.24) is 15.3 Å². The Morgan fingerprint density at radius 3 is 2.33 bits per heavy atom. The Balaban J connectivity index is 1.78. The number of nitrogens with one attached hydrogen (secondary N) is 2. The molecule has 2 N–H and O–H groups in total. The Morgan fingerprint density at radius 2 is 1.67 bits per heavy atom. The van der Waals surface area contributed by atoms with E-state index in [2.05, 4.69) is 67.2 Å². The molecule has 1 heterocycles. The third-order valence-electron chi connectivity index (χ3n) is 5.29. The van der Waals surface area contributed by atoms with Crippen molar-refractivity contribution < 1.29 is 0 Å². The molecular formula is C23H29N3O. The molecule has 0 saturated carbocycles. The summed E-state index contributed by atoms with van der Waals surface area (Å²) in [7, 11) is 0. The average Bonchev–Trinajstić information content (AvgIpc) is 2.68. The quantitative estimate of drug-likeness (QED) is 0.626. The average molecular weight is 364 g/mol. The molecule has 0 aliphatic rings. The van der Waals surface area contributed by atoms with Gasteiger partial charge in [-0.2, -0.15) is 0 Å². The lowest BCUT2D eigenvalue weighted by molar-refractivity contribution is 0.406. The van der Waals surface area contributed by atoms with Crippen LogP contribution in [0.3, 0.4) is 0 Å². The van der Waals surface area contributed by atoms with Gasteiger partial charge in [-0.05, 0) is 41.5 Å². The summed E-state index contributed by atoms with van der Waals surface area (Å²) in [5.74, 6) is 1.67. The fourth-order valence-corrected chi connectivity index (χ4v) is 3.43. The van der Waals surface area contributed by atoms with E-state index in [9.17, 15) is 4.79 Å². The molecule has 4 nitrogen and oxygen atoms in total. The SMILES string of the molecule is CC[C@H](C)c1ccc([C@H](NCc2nc3ccccc3c(=O)[nH]2)C(C)C)cc1. The van der Waals surface area contributed by atoms with E-state index in [1.807, 2.05) is 18.2 Å². The Kier molecular flexibility index (Phi) is 6.07. The topological polar surface area (TPSA) is 57.8 Å². The van der Waals surface area contributed by atoms with Gasteiger partial charge in [0.15, 0.2) is 0 Å². The third-order valence-corrected chi connectivity index (χ3v) is 5.29. The number of hydrogen-bond donors (Lipinski definition) is 2. The first-order valence-electron chi connectivity index (χ1n) is 9.80. The first-order valence-corrected chi connectivity index (χ1v) is 9.80. The molecule has 0 saturated heterocycles. The van der Waals surface area contributed by atoms with E-state index in [4.69, 9.17) is 0 Å². The second kappa shape index (κ2) is 8.49. The molecule has 3 rings (SSSR count). The summed E-state index contributed by atoms with van der Waals surface area (Å²) in [5.41, 5.74) is 3.29. The second-order valence-electron chi connectivity index (χ2n) is 7.61. The lowest BCUT2D eigenvalue weighted by Gasteiger charge is -2.23. The molecule has 2 atom stereocenters. The van der Waals surface area contributed by atoms with Crippen molar-refractivity contribution in [3.05, 3.63) is 75.8 Å². The molecule has 0 aliphatic heterocycles. The summed E-state index contributed by atoms with van der Waals surface area (Å²) in [6.07, 6.45) is 1.15. The van der Waals surface area contributed by atoms with Gasteiger partial charge in [-0.15, -0.1) is 0 Å². The van der Waals surface area contributed by atoms with E-state index in [0.29, 0.717) is 29.6 Å². The van der Waals surface area contributed by atoms with Crippen molar-refractivity contribution in [3.63, 3.8) is 0 Å². The predicted octanol–water partition coefficient (Wildman–Crippen LogP) is 4.92. The zero-order valence-electron chi connectivity index (χ0n) is 16.6. The van der Waals surface area contributed by atoms with Crippen LogP contribution in [0.4, 0.5) is 0 Å². The predicted molar refractivity (Wildman–Crippen MR) is 112 cm³/mol. The maximum Gasteiger partial charge on any atom is 0.258 e. The number of aromatic amines is 1. The summed E-state index contributed by atoms with van der Waals surface area (Å²) in [4.78, 5) is 19.7. The number of hydrogen-bond acceptors (Lipinski definition) is 3. The molecule has 4 heteroatoms. The maximum atomic E-state index is 12.3. The monoisotopic (exact) mass is 363 g/mol. The van der Waals surface area contributed by atoms with Crippen molar-refractivity contribution >= 4 is 10.9 Å². The molecule has 0 amide bonds. The minimum Gasteiger partial charge on any atom is -0.309 e.